The molecule has 1 atom stereocenters. The van der Waals surface area contributed by atoms with E-state index in [9.17, 15) is 9.59 Å². The van der Waals surface area contributed by atoms with Gasteiger partial charge in [-0.15, -0.1) is 22.7 Å². The third-order valence-corrected chi connectivity index (χ3v) is 5.82. The van der Waals surface area contributed by atoms with Gasteiger partial charge in [0, 0.05) is 22.7 Å². The summed E-state index contributed by atoms with van der Waals surface area (Å²) in [5, 5.41) is 10.1. The van der Waals surface area contributed by atoms with E-state index in [0.717, 1.165) is 21.7 Å². The summed E-state index contributed by atoms with van der Waals surface area (Å²) < 4.78 is 0. The second-order valence-electron chi connectivity index (χ2n) is 6.38. The minimum atomic E-state index is -0.332. The number of hydrogen-bond acceptors (Lipinski definition) is 5. The number of amides is 2. The van der Waals surface area contributed by atoms with Gasteiger partial charge in [-0.25, -0.2) is 4.98 Å². The predicted molar refractivity (Wildman–Crippen MR) is 111 cm³/mol. The SMILES string of the molecule is CC(=O)N[C@H](CC(=O)Nc1nc(-c2cc(C)ccc2C)cs1)c1cccs1. The van der Waals surface area contributed by atoms with Gasteiger partial charge in [0.1, 0.15) is 0 Å². The van der Waals surface area contributed by atoms with Gasteiger partial charge in [-0.3, -0.25) is 9.59 Å². The quantitative estimate of drug-likeness (QED) is 0.631. The summed E-state index contributed by atoms with van der Waals surface area (Å²) in [4.78, 5) is 29.4. The van der Waals surface area contributed by atoms with E-state index in [1.54, 1.807) is 0 Å². The van der Waals surface area contributed by atoms with Crippen molar-refractivity contribution in [1.29, 1.82) is 0 Å². The molecule has 1 aromatic carbocycles. The van der Waals surface area contributed by atoms with Gasteiger partial charge in [0.2, 0.25) is 11.8 Å². The molecule has 2 amide bonds. The maximum Gasteiger partial charge on any atom is 0.228 e. The van der Waals surface area contributed by atoms with Crippen LogP contribution in [0, 0.1) is 13.8 Å². The molecule has 0 saturated heterocycles. The molecule has 2 N–H and O–H groups in total. The minimum absolute atomic E-state index is 0.160. The van der Waals surface area contributed by atoms with Gasteiger partial charge in [-0.05, 0) is 36.9 Å². The van der Waals surface area contributed by atoms with Crippen molar-refractivity contribution in [2.45, 2.75) is 33.2 Å². The Bertz CT molecular complexity index is 948. The Hall–Kier alpha value is -2.51. The third kappa shape index (κ3) is 5.02. The maximum atomic E-state index is 12.5. The van der Waals surface area contributed by atoms with Gasteiger partial charge in [-0.1, -0.05) is 23.8 Å². The first kappa shape index (κ1) is 19.3. The van der Waals surface area contributed by atoms with Crippen LogP contribution < -0.4 is 10.6 Å². The molecule has 3 rings (SSSR count). The van der Waals surface area contributed by atoms with Gasteiger partial charge in [0.25, 0.3) is 0 Å². The number of hydrogen-bond donors (Lipinski definition) is 2. The van der Waals surface area contributed by atoms with Crippen LogP contribution in [0.5, 0.6) is 0 Å². The van der Waals surface area contributed by atoms with Crippen molar-refractivity contribution in [2.75, 3.05) is 5.32 Å². The predicted octanol–water partition coefficient (Wildman–Crippen LogP) is 4.69. The van der Waals surface area contributed by atoms with E-state index in [1.807, 2.05) is 36.7 Å². The Morgan fingerprint density at radius 3 is 2.70 bits per heavy atom. The molecular weight excluding hydrogens is 378 g/mol. The number of anilines is 1. The molecule has 0 saturated carbocycles. The van der Waals surface area contributed by atoms with E-state index in [1.165, 1.54) is 35.2 Å². The van der Waals surface area contributed by atoms with E-state index in [2.05, 4.69) is 33.8 Å². The topological polar surface area (TPSA) is 71.1 Å². The summed E-state index contributed by atoms with van der Waals surface area (Å²) in [5.74, 6) is -0.336. The first-order valence-corrected chi connectivity index (χ1v) is 10.3. The number of thiazole rings is 1. The van der Waals surface area contributed by atoms with E-state index >= 15 is 0 Å². The van der Waals surface area contributed by atoms with Crippen LogP contribution in [-0.4, -0.2) is 16.8 Å². The monoisotopic (exact) mass is 399 g/mol. The standard InChI is InChI=1S/C20H21N3O2S2/c1-12-6-7-13(2)15(9-12)17-11-27-20(22-17)23-19(25)10-16(21-14(3)24)18-5-4-8-26-18/h4-9,11,16H,10H2,1-3H3,(H,21,24)(H,22,23,25)/t16-/m1/s1. The normalized spacial score (nSPS) is 11.8. The van der Waals surface area contributed by atoms with Crippen molar-refractivity contribution in [2.24, 2.45) is 0 Å². The van der Waals surface area contributed by atoms with E-state index in [-0.39, 0.29) is 24.3 Å². The molecule has 0 fully saturated rings. The molecule has 0 unspecified atom stereocenters. The van der Waals surface area contributed by atoms with Crippen molar-refractivity contribution in [3.05, 3.63) is 57.1 Å². The number of benzene rings is 1. The second kappa shape index (κ2) is 8.45. The smallest absolute Gasteiger partial charge is 0.228 e. The number of nitrogens with zero attached hydrogens (tertiary/aromatic N) is 1. The molecule has 2 aromatic heterocycles. The molecule has 0 spiro atoms. The molecule has 2 heterocycles. The van der Waals surface area contributed by atoms with Crippen LogP contribution in [0.3, 0.4) is 0 Å². The maximum absolute atomic E-state index is 12.5. The van der Waals surface area contributed by atoms with Crippen LogP contribution in [0.25, 0.3) is 11.3 Å². The molecule has 0 radical (unpaired) electrons. The van der Waals surface area contributed by atoms with Gasteiger partial charge in [0.05, 0.1) is 18.2 Å². The lowest BCUT2D eigenvalue weighted by molar-refractivity contribution is -0.120. The molecule has 7 heteroatoms. The average molecular weight is 400 g/mol. The van der Waals surface area contributed by atoms with Crippen LogP contribution in [0.15, 0.2) is 41.1 Å². The molecule has 3 aromatic rings. The molecular formula is C20H21N3O2S2. The van der Waals surface area contributed by atoms with E-state index in [4.69, 9.17) is 0 Å². The number of carbonyl (C=O) groups is 2. The number of nitrogens with one attached hydrogen (secondary N) is 2. The molecule has 0 aliphatic carbocycles. The highest BCUT2D eigenvalue weighted by Gasteiger charge is 2.19. The highest BCUT2D eigenvalue weighted by molar-refractivity contribution is 7.14. The van der Waals surface area contributed by atoms with Crippen molar-refractivity contribution in [3.63, 3.8) is 0 Å². The Morgan fingerprint density at radius 2 is 2.00 bits per heavy atom. The Kier molecular flexibility index (Phi) is 6.03. The Labute approximate surface area is 166 Å². The van der Waals surface area contributed by atoms with Gasteiger partial charge in [-0.2, -0.15) is 0 Å². The highest BCUT2D eigenvalue weighted by atomic mass is 32.1. The third-order valence-electron chi connectivity index (χ3n) is 4.07. The van der Waals surface area contributed by atoms with Crippen LogP contribution in [0.1, 0.15) is 35.4 Å². The average Bonchev–Trinajstić information content (AvgIpc) is 3.28. The summed E-state index contributed by atoms with van der Waals surface area (Å²) in [7, 11) is 0. The van der Waals surface area contributed by atoms with Crippen LogP contribution >= 0.6 is 22.7 Å². The summed E-state index contributed by atoms with van der Waals surface area (Å²) in [6.45, 7) is 5.55. The summed E-state index contributed by atoms with van der Waals surface area (Å²) in [6, 6.07) is 9.73. The molecule has 0 aliphatic heterocycles. The van der Waals surface area contributed by atoms with Crippen molar-refractivity contribution in [3.8, 4) is 11.3 Å². The number of aromatic nitrogens is 1. The van der Waals surface area contributed by atoms with Gasteiger partial charge in [0.15, 0.2) is 5.13 Å². The molecule has 5 nitrogen and oxygen atoms in total. The first-order chi connectivity index (χ1) is 12.9. The minimum Gasteiger partial charge on any atom is -0.348 e. The lowest BCUT2D eigenvalue weighted by atomic mass is 10.0. The van der Waals surface area contributed by atoms with E-state index < -0.39 is 0 Å². The Morgan fingerprint density at radius 1 is 1.19 bits per heavy atom. The zero-order chi connectivity index (χ0) is 19.4. The second-order valence-corrected chi connectivity index (χ2v) is 8.21. The molecule has 140 valence electrons. The lowest BCUT2D eigenvalue weighted by Gasteiger charge is -2.15. The Balaban J connectivity index is 1.70. The lowest BCUT2D eigenvalue weighted by Crippen LogP contribution is -2.29. The molecule has 0 aliphatic rings. The fourth-order valence-electron chi connectivity index (χ4n) is 2.78. The summed E-state index contributed by atoms with van der Waals surface area (Å²) in [5.41, 5.74) is 4.24. The number of aryl methyl sites for hydroxylation is 2. The number of carbonyl (C=O) groups excluding carboxylic acids is 2. The fraction of sp³-hybridized carbons (Fsp3) is 0.250. The van der Waals surface area contributed by atoms with Gasteiger partial charge < -0.3 is 10.6 Å². The van der Waals surface area contributed by atoms with Gasteiger partial charge >= 0.3 is 0 Å². The molecule has 0 bridgehead atoms. The van der Waals surface area contributed by atoms with Crippen LogP contribution in [0.2, 0.25) is 0 Å². The molecule has 27 heavy (non-hydrogen) atoms. The fourth-order valence-corrected chi connectivity index (χ4v) is 4.28. The zero-order valence-corrected chi connectivity index (χ0v) is 17.0. The van der Waals surface area contributed by atoms with Crippen molar-refractivity contribution < 1.29 is 9.59 Å². The largest absolute Gasteiger partial charge is 0.348 e. The van der Waals surface area contributed by atoms with Crippen LogP contribution in [-0.2, 0) is 9.59 Å². The first-order valence-electron chi connectivity index (χ1n) is 8.56. The van der Waals surface area contributed by atoms with Crippen LogP contribution in [0.4, 0.5) is 5.13 Å². The highest BCUT2D eigenvalue weighted by Crippen LogP contribution is 2.29. The number of rotatable bonds is 6. The van der Waals surface area contributed by atoms with Crippen molar-refractivity contribution in [1.82, 2.24) is 10.3 Å². The van der Waals surface area contributed by atoms with Crippen molar-refractivity contribution >= 4 is 39.6 Å². The number of thiophene rings is 1. The summed E-state index contributed by atoms with van der Waals surface area (Å²) in [6.07, 6.45) is 0.165. The summed E-state index contributed by atoms with van der Waals surface area (Å²) >= 11 is 2.92. The van der Waals surface area contributed by atoms with E-state index in [0.29, 0.717) is 5.13 Å². The zero-order valence-electron chi connectivity index (χ0n) is 15.4.